The van der Waals surface area contributed by atoms with Crippen LogP contribution in [0.1, 0.15) is 0 Å². The van der Waals surface area contributed by atoms with Gasteiger partial charge in [0.05, 0.1) is 12.3 Å². The maximum Gasteiger partial charge on any atom is 0.241 e. The summed E-state index contributed by atoms with van der Waals surface area (Å²) in [6.07, 6.45) is 0. The summed E-state index contributed by atoms with van der Waals surface area (Å²) in [5.74, 6) is -0.0683. The molecule has 2 aromatic carbocycles. The average Bonchev–Trinajstić information content (AvgIpc) is 2.50. The summed E-state index contributed by atoms with van der Waals surface area (Å²) < 4.78 is 0. The van der Waals surface area contributed by atoms with Gasteiger partial charge in [-0.3, -0.25) is 9.59 Å². The van der Waals surface area contributed by atoms with E-state index in [0.29, 0.717) is 5.02 Å². The minimum absolute atomic E-state index is 0.0166. The number of fused-ring (bicyclic) bond motifs is 1. The molecule has 0 radical (unpaired) electrons. The summed E-state index contributed by atoms with van der Waals surface area (Å²) in [7, 11) is 3.31. The van der Waals surface area contributed by atoms with Crippen molar-refractivity contribution in [2.75, 3.05) is 26.4 Å². The first kappa shape index (κ1) is 16.6. The molecular weight excluding hydrogens is 320 g/mol. The van der Waals surface area contributed by atoms with Crippen molar-refractivity contribution in [3.8, 4) is 0 Å². The van der Waals surface area contributed by atoms with Gasteiger partial charge in [0, 0.05) is 29.4 Å². The number of thioether (sulfide) groups is 1. The van der Waals surface area contributed by atoms with E-state index in [1.54, 1.807) is 14.1 Å². The van der Waals surface area contributed by atoms with Crippen LogP contribution in [-0.4, -0.2) is 43.1 Å². The first-order chi connectivity index (χ1) is 10.5. The molecule has 0 aromatic heterocycles. The highest BCUT2D eigenvalue weighted by Gasteiger charge is 2.10. The van der Waals surface area contributed by atoms with Gasteiger partial charge in [-0.05, 0) is 17.5 Å². The highest BCUT2D eigenvalue weighted by molar-refractivity contribution is 8.00. The number of rotatable bonds is 5. The predicted molar refractivity (Wildman–Crippen MR) is 91.4 cm³/mol. The van der Waals surface area contributed by atoms with E-state index in [0.717, 1.165) is 15.7 Å². The number of carbonyl (C=O) groups excluding carboxylic acids is 2. The second-order valence-electron chi connectivity index (χ2n) is 4.95. The summed E-state index contributed by atoms with van der Waals surface area (Å²) in [5, 5.41) is 5.28. The van der Waals surface area contributed by atoms with Crippen molar-refractivity contribution < 1.29 is 9.59 Å². The van der Waals surface area contributed by atoms with E-state index >= 15 is 0 Å². The Morgan fingerprint density at radius 3 is 2.55 bits per heavy atom. The highest BCUT2D eigenvalue weighted by Crippen LogP contribution is 2.32. The van der Waals surface area contributed by atoms with E-state index in [1.807, 2.05) is 36.4 Å². The highest BCUT2D eigenvalue weighted by atomic mass is 35.5. The Kier molecular flexibility index (Phi) is 5.69. The largest absolute Gasteiger partial charge is 0.347 e. The third kappa shape index (κ3) is 4.15. The predicted octanol–water partition coefficient (Wildman–Crippen LogP) is 2.79. The number of hydrogen-bond acceptors (Lipinski definition) is 3. The van der Waals surface area contributed by atoms with E-state index in [1.165, 1.54) is 16.7 Å². The fraction of sp³-hybridized carbons (Fsp3) is 0.250. The molecule has 4 nitrogen and oxygen atoms in total. The van der Waals surface area contributed by atoms with Crippen molar-refractivity contribution >= 4 is 45.9 Å². The van der Waals surface area contributed by atoms with Gasteiger partial charge in [0.15, 0.2) is 0 Å². The quantitative estimate of drug-likeness (QED) is 0.854. The van der Waals surface area contributed by atoms with Crippen LogP contribution in [0.15, 0.2) is 41.3 Å². The standard InChI is InChI=1S/C16H17ClN2O2S/c1-19(2)15(21)9-18-14(20)10-22-13-8-4-6-11-5-3-7-12(17)16(11)13/h3-8H,9-10H2,1-2H3,(H,18,20). The fourth-order valence-corrected chi connectivity index (χ4v) is 3.18. The lowest BCUT2D eigenvalue weighted by molar-refractivity contribution is -0.130. The first-order valence-corrected chi connectivity index (χ1v) is 8.12. The normalized spacial score (nSPS) is 10.5. The number of benzene rings is 2. The molecule has 0 saturated carbocycles. The molecule has 0 aliphatic heterocycles. The van der Waals surface area contributed by atoms with Gasteiger partial charge >= 0.3 is 0 Å². The van der Waals surface area contributed by atoms with Crippen LogP contribution in [0.3, 0.4) is 0 Å². The molecule has 0 unspecified atom stereocenters. The minimum atomic E-state index is -0.177. The molecule has 0 heterocycles. The van der Waals surface area contributed by atoms with Crippen LogP contribution in [0.5, 0.6) is 0 Å². The molecule has 0 fully saturated rings. The number of likely N-dealkylation sites (N-methyl/N-ethyl adjacent to an activating group) is 1. The van der Waals surface area contributed by atoms with Gasteiger partial charge in [-0.1, -0.05) is 35.9 Å². The summed E-state index contributed by atoms with van der Waals surface area (Å²) >= 11 is 7.66. The van der Waals surface area contributed by atoms with Gasteiger partial charge in [-0.25, -0.2) is 0 Å². The molecule has 2 aromatic rings. The molecule has 1 N–H and O–H groups in total. The Hall–Kier alpha value is -1.72. The van der Waals surface area contributed by atoms with Gasteiger partial charge in [-0.15, -0.1) is 11.8 Å². The van der Waals surface area contributed by atoms with E-state index < -0.39 is 0 Å². The molecule has 2 amide bonds. The number of carbonyl (C=O) groups is 2. The average molecular weight is 337 g/mol. The molecule has 116 valence electrons. The number of nitrogens with zero attached hydrogens (tertiary/aromatic N) is 1. The van der Waals surface area contributed by atoms with Crippen molar-refractivity contribution in [2.45, 2.75) is 4.90 Å². The van der Waals surface area contributed by atoms with Crippen molar-refractivity contribution in [3.63, 3.8) is 0 Å². The van der Waals surface area contributed by atoms with Crippen LogP contribution in [0.2, 0.25) is 5.02 Å². The Balaban J connectivity index is 2.00. The topological polar surface area (TPSA) is 49.4 Å². The lowest BCUT2D eigenvalue weighted by atomic mass is 10.1. The molecular formula is C16H17ClN2O2S. The minimum Gasteiger partial charge on any atom is -0.347 e. The van der Waals surface area contributed by atoms with Gasteiger partial charge < -0.3 is 10.2 Å². The first-order valence-electron chi connectivity index (χ1n) is 6.76. The van der Waals surface area contributed by atoms with Crippen LogP contribution in [-0.2, 0) is 9.59 Å². The maximum atomic E-state index is 11.8. The van der Waals surface area contributed by atoms with Gasteiger partial charge in [-0.2, -0.15) is 0 Å². The Morgan fingerprint density at radius 2 is 1.86 bits per heavy atom. The number of halogens is 1. The maximum absolute atomic E-state index is 11.8. The summed E-state index contributed by atoms with van der Waals surface area (Å²) in [4.78, 5) is 25.7. The Bertz CT molecular complexity index is 698. The molecule has 22 heavy (non-hydrogen) atoms. The Morgan fingerprint density at radius 1 is 1.18 bits per heavy atom. The molecule has 0 bridgehead atoms. The van der Waals surface area contributed by atoms with E-state index in [4.69, 9.17) is 11.6 Å². The second kappa shape index (κ2) is 7.51. The van der Waals surface area contributed by atoms with E-state index in [2.05, 4.69) is 5.32 Å². The summed E-state index contributed by atoms with van der Waals surface area (Å²) in [6.45, 7) is 0.0166. The number of hydrogen-bond donors (Lipinski definition) is 1. The van der Waals surface area contributed by atoms with Gasteiger partial charge in [0.25, 0.3) is 0 Å². The monoisotopic (exact) mass is 336 g/mol. The molecule has 0 atom stereocenters. The molecule has 0 aliphatic rings. The van der Waals surface area contributed by atoms with Gasteiger partial charge in [0.1, 0.15) is 0 Å². The van der Waals surface area contributed by atoms with Crippen LogP contribution in [0.4, 0.5) is 0 Å². The third-order valence-corrected chi connectivity index (χ3v) is 4.48. The van der Waals surface area contributed by atoms with Crippen molar-refractivity contribution in [1.29, 1.82) is 0 Å². The van der Waals surface area contributed by atoms with Crippen molar-refractivity contribution in [3.05, 3.63) is 41.4 Å². The molecule has 6 heteroatoms. The molecule has 0 aliphatic carbocycles. The summed E-state index contributed by atoms with van der Waals surface area (Å²) in [6, 6.07) is 11.6. The van der Waals surface area contributed by atoms with Crippen LogP contribution < -0.4 is 5.32 Å². The van der Waals surface area contributed by atoms with E-state index in [9.17, 15) is 9.59 Å². The zero-order chi connectivity index (χ0) is 16.1. The van der Waals surface area contributed by atoms with Crippen LogP contribution >= 0.6 is 23.4 Å². The zero-order valence-electron chi connectivity index (χ0n) is 12.4. The zero-order valence-corrected chi connectivity index (χ0v) is 14.0. The van der Waals surface area contributed by atoms with Crippen molar-refractivity contribution in [2.24, 2.45) is 0 Å². The molecule has 2 rings (SSSR count). The summed E-state index contributed by atoms with van der Waals surface area (Å²) in [5.41, 5.74) is 0. The van der Waals surface area contributed by atoms with Crippen LogP contribution in [0.25, 0.3) is 10.8 Å². The second-order valence-corrected chi connectivity index (χ2v) is 6.37. The lowest BCUT2D eigenvalue weighted by Gasteiger charge is -2.11. The lowest BCUT2D eigenvalue weighted by Crippen LogP contribution is -2.36. The number of nitrogens with one attached hydrogen (secondary N) is 1. The van der Waals surface area contributed by atoms with Crippen LogP contribution in [0, 0.1) is 0 Å². The molecule has 0 spiro atoms. The SMILES string of the molecule is CN(C)C(=O)CNC(=O)CSc1cccc2cccc(Cl)c12. The van der Waals surface area contributed by atoms with Gasteiger partial charge in [0.2, 0.25) is 11.8 Å². The molecule has 0 saturated heterocycles. The van der Waals surface area contributed by atoms with Crippen molar-refractivity contribution in [1.82, 2.24) is 10.2 Å². The number of amides is 2. The fourth-order valence-electron chi connectivity index (χ4n) is 1.91. The third-order valence-electron chi connectivity index (χ3n) is 3.11. The smallest absolute Gasteiger partial charge is 0.241 e. The van der Waals surface area contributed by atoms with E-state index in [-0.39, 0.29) is 24.1 Å². The Labute approximate surface area is 138 Å².